The summed E-state index contributed by atoms with van der Waals surface area (Å²) >= 11 is 12.0. The van der Waals surface area contributed by atoms with E-state index >= 15 is 0 Å². The highest BCUT2D eigenvalue weighted by atomic mass is 35.5. The van der Waals surface area contributed by atoms with E-state index in [9.17, 15) is 13.2 Å². The third-order valence-corrected chi connectivity index (χ3v) is 6.62. The van der Waals surface area contributed by atoms with Crippen LogP contribution in [0.1, 0.15) is 12.5 Å². The molecule has 0 radical (unpaired) electrons. The topological polar surface area (TPSA) is 84.9 Å². The molecule has 0 atom stereocenters. The highest BCUT2D eigenvalue weighted by molar-refractivity contribution is 7.92. The first-order chi connectivity index (χ1) is 13.8. The molecule has 1 amide bonds. The molecule has 0 spiro atoms. The molecule has 2 aromatic carbocycles. The van der Waals surface area contributed by atoms with Crippen molar-refractivity contribution in [1.82, 2.24) is 5.32 Å². The van der Waals surface area contributed by atoms with Crippen molar-refractivity contribution in [2.75, 3.05) is 29.8 Å². The van der Waals surface area contributed by atoms with Crippen LogP contribution in [0.3, 0.4) is 0 Å². The van der Waals surface area contributed by atoms with Gasteiger partial charge in [0, 0.05) is 22.7 Å². The van der Waals surface area contributed by atoms with Crippen molar-refractivity contribution >= 4 is 44.8 Å². The van der Waals surface area contributed by atoms with Gasteiger partial charge in [-0.1, -0.05) is 29.3 Å². The lowest BCUT2D eigenvalue weighted by molar-refractivity contribution is -0.119. The zero-order valence-corrected chi connectivity index (χ0v) is 18.0. The molecule has 3 rings (SSSR count). The molecule has 0 saturated heterocycles. The van der Waals surface area contributed by atoms with Crippen LogP contribution in [0.15, 0.2) is 36.4 Å². The normalized spacial score (nSPS) is 13.1. The zero-order valence-electron chi connectivity index (χ0n) is 15.7. The Bertz CT molecular complexity index is 1010. The van der Waals surface area contributed by atoms with Gasteiger partial charge >= 0.3 is 0 Å². The van der Waals surface area contributed by atoms with Crippen molar-refractivity contribution in [1.29, 1.82) is 0 Å². The molecule has 10 heteroatoms. The fourth-order valence-electron chi connectivity index (χ4n) is 2.74. The van der Waals surface area contributed by atoms with Crippen molar-refractivity contribution in [3.8, 4) is 11.5 Å². The van der Waals surface area contributed by atoms with Crippen LogP contribution in [0.4, 0.5) is 5.69 Å². The number of carbonyl (C=O) groups is 1. The Morgan fingerprint density at radius 3 is 2.52 bits per heavy atom. The van der Waals surface area contributed by atoms with E-state index in [0.29, 0.717) is 46.0 Å². The predicted octanol–water partition coefficient (Wildman–Crippen LogP) is 3.24. The summed E-state index contributed by atoms with van der Waals surface area (Å²) in [7, 11) is -3.70. The summed E-state index contributed by atoms with van der Waals surface area (Å²) in [6.45, 7) is 2.10. The monoisotopic (exact) mass is 458 g/mol. The van der Waals surface area contributed by atoms with Crippen molar-refractivity contribution in [2.45, 2.75) is 13.5 Å². The lowest BCUT2D eigenvalue weighted by atomic mass is 10.2. The molecule has 0 fully saturated rings. The van der Waals surface area contributed by atoms with Crippen LogP contribution in [-0.4, -0.2) is 39.8 Å². The van der Waals surface area contributed by atoms with E-state index in [4.69, 9.17) is 32.7 Å². The molecule has 1 heterocycles. The van der Waals surface area contributed by atoms with Crippen LogP contribution >= 0.6 is 23.2 Å². The van der Waals surface area contributed by atoms with E-state index in [1.807, 2.05) is 0 Å². The summed E-state index contributed by atoms with van der Waals surface area (Å²) in [6, 6.07) is 9.72. The number of amides is 1. The lowest BCUT2D eigenvalue weighted by Gasteiger charge is -2.25. The van der Waals surface area contributed by atoms with Gasteiger partial charge in [0.2, 0.25) is 15.9 Å². The number of fused-ring (bicyclic) bond motifs is 1. The average molecular weight is 459 g/mol. The van der Waals surface area contributed by atoms with E-state index < -0.39 is 15.9 Å². The van der Waals surface area contributed by atoms with Gasteiger partial charge in [0.05, 0.1) is 11.4 Å². The van der Waals surface area contributed by atoms with Gasteiger partial charge in [-0.25, -0.2) is 8.42 Å². The Morgan fingerprint density at radius 1 is 1.10 bits per heavy atom. The highest BCUT2D eigenvalue weighted by Crippen LogP contribution is 2.34. The van der Waals surface area contributed by atoms with Crippen LogP contribution in [-0.2, 0) is 21.4 Å². The summed E-state index contributed by atoms with van der Waals surface area (Å²) in [5, 5.41) is 3.60. The second kappa shape index (κ2) is 9.11. The molecule has 0 aromatic heterocycles. The number of ether oxygens (including phenoxy) is 2. The van der Waals surface area contributed by atoms with E-state index in [0.717, 1.165) is 4.31 Å². The fourth-order valence-corrected chi connectivity index (χ4v) is 4.27. The van der Waals surface area contributed by atoms with Crippen LogP contribution in [0, 0.1) is 0 Å². The molecule has 1 aliphatic heterocycles. The average Bonchev–Trinajstić information content (AvgIpc) is 2.71. The third kappa shape index (κ3) is 5.26. The standard InChI is InChI=1S/C19H20Cl2N2O5S/c1-2-29(25,26)23(15-5-6-17-18(10-15)28-8-7-27-17)12-19(24)22-11-13-3-4-14(20)9-16(13)21/h3-6,9-10H,2,7-8,11-12H2,1H3,(H,22,24). The molecule has 0 saturated carbocycles. The number of benzene rings is 2. The maximum atomic E-state index is 12.6. The maximum absolute atomic E-state index is 12.6. The van der Waals surface area contributed by atoms with E-state index in [2.05, 4.69) is 5.32 Å². The summed E-state index contributed by atoms with van der Waals surface area (Å²) in [4.78, 5) is 12.5. The number of sulfonamides is 1. The van der Waals surface area contributed by atoms with Gasteiger partial charge < -0.3 is 14.8 Å². The van der Waals surface area contributed by atoms with Crippen LogP contribution in [0.2, 0.25) is 10.0 Å². The fraction of sp³-hybridized carbons (Fsp3) is 0.316. The Balaban J connectivity index is 1.76. The summed E-state index contributed by atoms with van der Waals surface area (Å²) in [6.07, 6.45) is 0. The molecule has 1 aliphatic rings. The molecule has 0 bridgehead atoms. The minimum atomic E-state index is -3.70. The molecular formula is C19H20Cl2N2O5S. The van der Waals surface area contributed by atoms with Crippen LogP contribution < -0.4 is 19.1 Å². The van der Waals surface area contributed by atoms with E-state index in [-0.39, 0.29) is 18.8 Å². The number of carbonyl (C=O) groups excluding carboxylic acids is 1. The number of nitrogens with zero attached hydrogens (tertiary/aromatic N) is 1. The molecule has 7 nitrogen and oxygen atoms in total. The van der Waals surface area contributed by atoms with Gasteiger partial charge in [0.1, 0.15) is 19.8 Å². The molecule has 156 valence electrons. The van der Waals surface area contributed by atoms with Gasteiger partial charge in [0.25, 0.3) is 0 Å². The minimum Gasteiger partial charge on any atom is -0.486 e. The first-order valence-corrected chi connectivity index (χ1v) is 11.3. The third-order valence-electron chi connectivity index (χ3n) is 4.29. The molecule has 29 heavy (non-hydrogen) atoms. The molecule has 0 aliphatic carbocycles. The summed E-state index contributed by atoms with van der Waals surface area (Å²) in [5.74, 6) is 0.356. The summed E-state index contributed by atoms with van der Waals surface area (Å²) in [5.41, 5.74) is 1.00. The maximum Gasteiger partial charge on any atom is 0.241 e. The van der Waals surface area contributed by atoms with E-state index in [1.165, 1.54) is 6.92 Å². The van der Waals surface area contributed by atoms with Crippen molar-refractivity contribution in [3.05, 3.63) is 52.0 Å². The molecular weight excluding hydrogens is 439 g/mol. The number of hydrogen-bond donors (Lipinski definition) is 1. The number of hydrogen-bond acceptors (Lipinski definition) is 5. The largest absolute Gasteiger partial charge is 0.486 e. The van der Waals surface area contributed by atoms with Gasteiger partial charge in [-0.2, -0.15) is 0 Å². The van der Waals surface area contributed by atoms with Gasteiger partial charge in [-0.15, -0.1) is 0 Å². The lowest BCUT2D eigenvalue weighted by Crippen LogP contribution is -2.41. The first kappa shape index (κ1) is 21.5. The molecule has 0 unspecified atom stereocenters. The Morgan fingerprint density at radius 2 is 1.83 bits per heavy atom. The van der Waals surface area contributed by atoms with Crippen LogP contribution in [0.5, 0.6) is 11.5 Å². The predicted molar refractivity (Wildman–Crippen MR) is 113 cm³/mol. The highest BCUT2D eigenvalue weighted by Gasteiger charge is 2.25. The van der Waals surface area contributed by atoms with Crippen molar-refractivity contribution < 1.29 is 22.7 Å². The first-order valence-electron chi connectivity index (χ1n) is 8.91. The Labute approximate surface area is 179 Å². The number of halogens is 2. The smallest absolute Gasteiger partial charge is 0.241 e. The zero-order chi connectivity index (χ0) is 21.0. The number of nitrogens with one attached hydrogen (secondary N) is 1. The van der Waals surface area contributed by atoms with Crippen molar-refractivity contribution in [2.24, 2.45) is 0 Å². The van der Waals surface area contributed by atoms with Gasteiger partial charge in [-0.05, 0) is 36.8 Å². The minimum absolute atomic E-state index is 0.149. The summed E-state index contributed by atoms with van der Waals surface area (Å²) < 4.78 is 37.3. The van der Waals surface area contributed by atoms with Gasteiger partial charge in [0.15, 0.2) is 11.5 Å². The second-order valence-electron chi connectivity index (χ2n) is 6.25. The Hall–Kier alpha value is -2.16. The van der Waals surface area contributed by atoms with Crippen LogP contribution in [0.25, 0.3) is 0 Å². The number of anilines is 1. The molecule has 2 aromatic rings. The van der Waals surface area contributed by atoms with Gasteiger partial charge in [-0.3, -0.25) is 9.10 Å². The molecule has 1 N–H and O–H groups in total. The van der Waals surface area contributed by atoms with E-state index in [1.54, 1.807) is 36.4 Å². The quantitative estimate of drug-likeness (QED) is 0.688. The SMILES string of the molecule is CCS(=O)(=O)N(CC(=O)NCc1ccc(Cl)cc1Cl)c1ccc2c(c1)OCCO2. The Kier molecular flexibility index (Phi) is 6.77. The van der Waals surface area contributed by atoms with Crippen molar-refractivity contribution in [3.63, 3.8) is 0 Å². The number of rotatable bonds is 7. The second-order valence-corrected chi connectivity index (χ2v) is 9.27.